The van der Waals surface area contributed by atoms with Crippen LogP contribution in [0.3, 0.4) is 0 Å². The number of carbonyl (C=O) groups is 1. The predicted octanol–water partition coefficient (Wildman–Crippen LogP) is 3.21. The van der Waals surface area contributed by atoms with Gasteiger partial charge >= 0.3 is 6.09 Å². The van der Waals surface area contributed by atoms with Gasteiger partial charge in [0.05, 0.1) is 5.71 Å². The zero-order valence-electron chi connectivity index (χ0n) is 12.6. The van der Waals surface area contributed by atoms with E-state index in [0.29, 0.717) is 19.0 Å². The molecule has 0 aromatic heterocycles. The molecule has 2 rings (SSSR count). The molecule has 0 bridgehead atoms. The molecule has 1 aliphatic carbocycles. The Kier molecular flexibility index (Phi) is 5.42. The quantitative estimate of drug-likeness (QED) is 0.354. The van der Waals surface area contributed by atoms with Gasteiger partial charge in [0, 0.05) is 24.9 Å². The molecule has 1 saturated heterocycles. The van der Waals surface area contributed by atoms with Gasteiger partial charge in [-0.15, -0.1) is 0 Å². The molecule has 5 nitrogen and oxygen atoms in total. The first kappa shape index (κ1) is 15.6. The molecular weight excluding hydrogens is 268 g/mol. The van der Waals surface area contributed by atoms with E-state index < -0.39 is 0 Å². The Bertz CT molecular complexity index is 452. The zero-order chi connectivity index (χ0) is 15.2. The Labute approximate surface area is 126 Å². The van der Waals surface area contributed by atoms with Gasteiger partial charge in [0.25, 0.3) is 0 Å². The number of amides is 1. The summed E-state index contributed by atoms with van der Waals surface area (Å²) in [6.45, 7) is 7.26. The number of rotatable bonds is 6. The van der Waals surface area contributed by atoms with Crippen LogP contribution >= 0.6 is 0 Å². The summed E-state index contributed by atoms with van der Waals surface area (Å²) in [6, 6.07) is 0. The number of nitrogens with zero attached hydrogens (tertiary/aromatic N) is 2. The van der Waals surface area contributed by atoms with Crippen LogP contribution in [-0.2, 0) is 4.74 Å². The lowest BCUT2D eigenvalue weighted by Gasteiger charge is -2.17. The van der Waals surface area contributed by atoms with Gasteiger partial charge in [-0.3, -0.25) is 0 Å². The first-order chi connectivity index (χ1) is 10.2. The largest absolute Gasteiger partial charge is 0.445 e. The summed E-state index contributed by atoms with van der Waals surface area (Å²) < 4.78 is 5.31. The summed E-state index contributed by atoms with van der Waals surface area (Å²) in [6.07, 6.45) is 7.36. The highest BCUT2D eigenvalue weighted by Crippen LogP contribution is 2.36. The van der Waals surface area contributed by atoms with Crippen molar-refractivity contribution in [2.75, 3.05) is 19.7 Å². The lowest BCUT2D eigenvalue weighted by molar-refractivity contribution is 0.119. The van der Waals surface area contributed by atoms with Crippen LogP contribution in [0.25, 0.3) is 0 Å². The van der Waals surface area contributed by atoms with Crippen molar-refractivity contribution in [2.45, 2.75) is 32.6 Å². The molecule has 1 saturated carbocycles. The van der Waals surface area contributed by atoms with E-state index in [4.69, 9.17) is 9.94 Å². The van der Waals surface area contributed by atoms with Gasteiger partial charge < -0.3 is 14.8 Å². The molecule has 2 fully saturated rings. The number of hydrogen-bond donors (Lipinski definition) is 1. The van der Waals surface area contributed by atoms with Crippen LogP contribution in [0.5, 0.6) is 0 Å². The summed E-state index contributed by atoms with van der Waals surface area (Å²) in [5.41, 5.74) is 1.79. The van der Waals surface area contributed by atoms with Gasteiger partial charge in [0.15, 0.2) is 0 Å². The minimum absolute atomic E-state index is 0.181. The maximum atomic E-state index is 12.1. The molecule has 0 spiro atoms. The van der Waals surface area contributed by atoms with Gasteiger partial charge in [0.2, 0.25) is 0 Å². The van der Waals surface area contributed by atoms with Crippen LogP contribution in [-0.4, -0.2) is 41.6 Å². The smallest absolute Gasteiger partial charge is 0.410 e. The fourth-order valence-electron chi connectivity index (χ4n) is 2.74. The zero-order valence-corrected chi connectivity index (χ0v) is 12.6. The number of ether oxygens (including phenoxy) is 1. The molecule has 1 unspecified atom stereocenters. The molecule has 1 heterocycles. The molecule has 0 aromatic carbocycles. The maximum Gasteiger partial charge on any atom is 0.410 e. The minimum Gasteiger partial charge on any atom is -0.445 e. The summed E-state index contributed by atoms with van der Waals surface area (Å²) in [4.78, 5) is 13.8. The molecule has 116 valence electrons. The molecule has 0 radical (unpaired) electrons. The third-order valence-corrected chi connectivity index (χ3v) is 4.07. The van der Waals surface area contributed by atoms with Crippen molar-refractivity contribution in [2.24, 2.45) is 17.0 Å². The van der Waals surface area contributed by atoms with Gasteiger partial charge in [-0.05, 0) is 31.3 Å². The Morgan fingerprint density at radius 2 is 2.19 bits per heavy atom. The molecule has 1 N–H and O–H groups in total. The van der Waals surface area contributed by atoms with Crippen LogP contribution in [0.4, 0.5) is 4.79 Å². The molecule has 1 aliphatic heterocycles. The second kappa shape index (κ2) is 7.29. The van der Waals surface area contributed by atoms with Gasteiger partial charge in [-0.1, -0.05) is 30.8 Å². The summed E-state index contributed by atoms with van der Waals surface area (Å²) >= 11 is 0. The molecule has 5 heteroatoms. The van der Waals surface area contributed by atoms with Gasteiger partial charge in [0.1, 0.15) is 6.61 Å². The van der Waals surface area contributed by atoms with E-state index >= 15 is 0 Å². The van der Waals surface area contributed by atoms with E-state index in [0.717, 1.165) is 37.0 Å². The highest BCUT2D eigenvalue weighted by molar-refractivity contribution is 5.91. The van der Waals surface area contributed by atoms with Crippen LogP contribution in [0.15, 0.2) is 29.5 Å². The van der Waals surface area contributed by atoms with Crippen molar-refractivity contribution in [3.63, 3.8) is 0 Å². The maximum absolute atomic E-state index is 12.1. The minimum atomic E-state index is -0.297. The van der Waals surface area contributed by atoms with E-state index in [2.05, 4.69) is 11.7 Å². The monoisotopic (exact) mass is 292 g/mol. The SMILES string of the molecule is C=C/C(=C\CC)COC(=O)N1CCC(/C(=N\O)C2CC2)C1. The predicted molar refractivity (Wildman–Crippen MR) is 81.5 cm³/mol. The normalized spacial score (nSPS) is 23.3. The third kappa shape index (κ3) is 4.09. The first-order valence-corrected chi connectivity index (χ1v) is 7.64. The average Bonchev–Trinajstić information content (AvgIpc) is 3.20. The molecular formula is C16H24N2O3. The lowest BCUT2D eigenvalue weighted by Crippen LogP contribution is -2.31. The molecule has 1 amide bonds. The molecule has 2 aliphatic rings. The number of carbonyl (C=O) groups excluding carboxylic acids is 1. The highest BCUT2D eigenvalue weighted by Gasteiger charge is 2.38. The van der Waals surface area contributed by atoms with Crippen molar-refractivity contribution < 1.29 is 14.7 Å². The molecule has 0 aromatic rings. The topological polar surface area (TPSA) is 62.1 Å². The van der Waals surface area contributed by atoms with Gasteiger partial charge in [-0.2, -0.15) is 0 Å². The lowest BCUT2D eigenvalue weighted by atomic mass is 9.99. The summed E-state index contributed by atoms with van der Waals surface area (Å²) in [5.74, 6) is 0.607. The molecule has 21 heavy (non-hydrogen) atoms. The van der Waals surface area contributed by atoms with Crippen molar-refractivity contribution >= 4 is 11.8 Å². The fraction of sp³-hybridized carbons (Fsp3) is 0.625. The van der Waals surface area contributed by atoms with Crippen LogP contribution in [0.2, 0.25) is 0 Å². The van der Waals surface area contributed by atoms with Crippen LogP contribution < -0.4 is 0 Å². The van der Waals surface area contributed by atoms with Crippen molar-refractivity contribution in [1.29, 1.82) is 0 Å². The second-order valence-electron chi connectivity index (χ2n) is 5.68. The standard InChI is InChI=1S/C16H24N2O3/c1-3-5-12(4-2)11-21-16(19)18-9-8-14(10-18)15(17-20)13-6-7-13/h4-5,13-14,20H,2-3,6-11H2,1H3/b12-5+,17-15-. The van der Waals surface area contributed by atoms with E-state index in [1.165, 1.54) is 0 Å². The van der Waals surface area contributed by atoms with Crippen molar-refractivity contribution in [3.8, 4) is 0 Å². The number of hydrogen-bond acceptors (Lipinski definition) is 4. The second-order valence-corrected chi connectivity index (χ2v) is 5.68. The third-order valence-electron chi connectivity index (χ3n) is 4.07. The Morgan fingerprint density at radius 1 is 1.43 bits per heavy atom. The number of likely N-dealkylation sites (tertiary alicyclic amines) is 1. The number of oxime groups is 1. The molecule has 1 atom stereocenters. The fourth-order valence-corrected chi connectivity index (χ4v) is 2.74. The van der Waals surface area contributed by atoms with Crippen LogP contribution in [0.1, 0.15) is 32.6 Å². The van der Waals surface area contributed by atoms with Crippen molar-refractivity contribution in [3.05, 3.63) is 24.3 Å². The summed E-state index contributed by atoms with van der Waals surface area (Å²) in [7, 11) is 0. The average molecular weight is 292 g/mol. The van der Waals surface area contributed by atoms with E-state index in [1.807, 2.05) is 13.0 Å². The van der Waals surface area contributed by atoms with Crippen LogP contribution in [0, 0.1) is 11.8 Å². The van der Waals surface area contributed by atoms with E-state index in [9.17, 15) is 4.79 Å². The number of allylic oxidation sites excluding steroid dienone is 1. The first-order valence-electron chi connectivity index (χ1n) is 7.64. The van der Waals surface area contributed by atoms with Gasteiger partial charge in [-0.25, -0.2) is 4.79 Å². The summed E-state index contributed by atoms with van der Waals surface area (Å²) in [5, 5.41) is 12.6. The Morgan fingerprint density at radius 3 is 2.76 bits per heavy atom. The van der Waals surface area contributed by atoms with E-state index in [1.54, 1.807) is 11.0 Å². The Balaban J connectivity index is 1.82. The van der Waals surface area contributed by atoms with E-state index in [-0.39, 0.29) is 18.6 Å². The Hall–Kier alpha value is -1.78. The highest BCUT2D eigenvalue weighted by atomic mass is 16.6. The van der Waals surface area contributed by atoms with Crippen molar-refractivity contribution in [1.82, 2.24) is 4.90 Å².